The molecule has 2 aromatic carbocycles. The Bertz CT molecular complexity index is 943. The van der Waals surface area contributed by atoms with Gasteiger partial charge in [0, 0.05) is 23.5 Å². The Hall–Kier alpha value is -3.01. The highest BCUT2D eigenvalue weighted by atomic mass is 16.3. The number of unbranched alkanes of at least 4 members (excludes halogenated alkanes) is 1. The number of phenolic OH excluding ortho intramolecular Hbond substituents is 1. The van der Waals surface area contributed by atoms with Gasteiger partial charge in [0.15, 0.2) is 0 Å². The third kappa shape index (κ3) is 3.90. The van der Waals surface area contributed by atoms with Crippen LogP contribution in [0.4, 0.5) is 0 Å². The smallest absolute Gasteiger partial charge is 0.251 e. The number of aromatic nitrogens is 1. The molecule has 0 aliphatic heterocycles. The van der Waals surface area contributed by atoms with Crippen molar-refractivity contribution in [3.8, 4) is 16.9 Å². The number of benzene rings is 2. The van der Waals surface area contributed by atoms with Crippen LogP contribution in [0.1, 0.15) is 47.1 Å². The van der Waals surface area contributed by atoms with Gasteiger partial charge >= 0.3 is 0 Å². The van der Waals surface area contributed by atoms with E-state index < -0.39 is 5.91 Å². The van der Waals surface area contributed by atoms with Gasteiger partial charge in [-0.05, 0) is 43.0 Å². The molecule has 0 bridgehead atoms. The van der Waals surface area contributed by atoms with Crippen LogP contribution in [0.5, 0.6) is 5.75 Å². The Morgan fingerprint density at radius 1 is 1.11 bits per heavy atom. The van der Waals surface area contributed by atoms with Gasteiger partial charge in [0.2, 0.25) is 0 Å². The first-order valence-electron chi connectivity index (χ1n) is 9.38. The number of phenols is 1. The zero-order chi connectivity index (χ0) is 19.4. The Morgan fingerprint density at radius 3 is 2.48 bits per heavy atom. The minimum absolute atomic E-state index is 0.179. The van der Waals surface area contributed by atoms with Gasteiger partial charge < -0.3 is 15.4 Å². The van der Waals surface area contributed by atoms with Crippen molar-refractivity contribution in [3.63, 3.8) is 0 Å². The Labute approximate surface area is 160 Å². The van der Waals surface area contributed by atoms with Crippen LogP contribution in [-0.4, -0.2) is 15.6 Å². The van der Waals surface area contributed by atoms with Crippen molar-refractivity contribution in [2.45, 2.75) is 39.7 Å². The van der Waals surface area contributed by atoms with Crippen molar-refractivity contribution in [1.29, 1.82) is 0 Å². The molecule has 0 saturated heterocycles. The molecule has 0 unspecified atom stereocenters. The molecule has 1 amide bonds. The topological polar surface area (TPSA) is 68.2 Å². The van der Waals surface area contributed by atoms with Crippen molar-refractivity contribution in [1.82, 2.24) is 4.57 Å². The van der Waals surface area contributed by atoms with E-state index in [1.165, 1.54) is 5.56 Å². The molecule has 0 aliphatic carbocycles. The number of carbonyl (C=O) groups is 1. The molecule has 0 fully saturated rings. The molecule has 0 atom stereocenters. The SMILES string of the molecule is CCCCc1c(-c2cccc(O)c2)c(C(N)=O)c(C)n1Cc1ccccc1. The van der Waals surface area contributed by atoms with E-state index in [-0.39, 0.29) is 5.75 Å². The summed E-state index contributed by atoms with van der Waals surface area (Å²) in [6, 6.07) is 17.2. The summed E-state index contributed by atoms with van der Waals surface area (Å²) in [5.74, 6) is -0.256. The lowest BCUT2D eigenvalue weighted by Crippen LogP contribution is -2.13. The molecule has 3 rings (SSSR count). The van der Waals surface area contributed by atoms with Crippen LogP contribution < -0.4 is 5.73 Å². The fourth-order valence-corrected chi connectivity index (χ4v) is 3.66. The lowest BCUT2D eigenvalue weighted by Gasteiger charge is -2.13. The average molecular weight is 362 g/mol. The highest BCUT2D eigenvalue weighted by Crippen LogP contribution is 2.35. The van der Waals surface area contributed by atoms with Crippen molar-refractivity contribution in [3.05, 3.63) is 77.1 Å². The van der Waals surface area contributed by atoms with Crippen LogP contribution in [0.2, 0.25) is 0 Å². The Kier molecular flexibility index (Phi) is 5.65. The van der Waals surface area contributed by atoms with Gasteiger partial charge in [0.25, 0.3) is 5.91 Å². The number of aromatic hydroxyl groups is 1. The number of primary amides is 1. The number of hydrogen-bond acceptors (Lipinski definition) is 2. The van der Waals surface area contributed by atoms with E-state index in [1.807, 2.05) is 31.2 Å². The van der Waals surface area contributed by atoms with Crippen LogP contribution in [0, 0.1) is 6.92 Å². The number of rotatable bonds is 7. The van der Waals surface area contributed by atoms with E-state index in [1.54, 1.807) is 18.2 Å². The summed E-state index contributed by atoms with van der Waals surface area (Å²) in [7, 11) is 0. The largest absolute Gasteiger partial charge is 0.508 e. The van der Waals surface area contributed by atoms with Crippen LogP contribution in [0.15, 0.2) is 54.6 Å². The zero-order valence-electron chi connectivity index (χ0n) is 15.9. The Balaban J connectivity index is 2.23. The van der Waals surface area contributed by atoms with Crippen molar-refractivity contribution < 1.29 is 9.90 Å². The standard InChI is InChI=1S/C23H26N2O2/c1-3-4-13-20-22(18-11-8-12-19(26)14-18)21(23(24)27)16(2)25(20)15-17-9-6-5-7-10-17/h5-12,14,26H,3-4,13,15H2,1-2H3,(H2,24,27). The van der Waals surface area contributed by atoms with E-state index in [2.05, 4.69) is 23.6 Å². The molecular weight excluding hydrogens is 336 g/mol. The predicted molar refractivity (Wildman–Crippen MR) is 109 cm³/mol. The summed E-state index contributed by atoms with van der Waals surface area (Å²) in [6.07, 6.45) is 2.92. The summed E-state index contributed by atoms with van der Waals surface area (Å²) in [5, 5.41) is 9.96. The van der Waals surface area contributed by atoms with E-state index in [9.17, 15) is 9.90 Å². The van der Waals surface area contributed by atoms with Gasteiger partial charge in [-0.25, -0.2) is 0 Å². The van der Waals surface area contributed by atoms with Gasteiger partial charge in [0.1, 0.15) is 5.75 Å². The highest BCUT2D eigenvalue weighted by molar-refractivity contribution is 6.02. The number of carbonyl (C=O) groups excluding carboxylic acids is 1. The molecule has 4 nitrogen and oxygen atoms in total. The first-order valence-corrected chi connectivity index (χ1v) is 9.38. The number of nitrogens with zero attached hydrogens (tertiary/aromatic N) is 1. The van der Waals surface area contributed by atoms with E-state index >= 15 is 0 Å². The molecule has 1 aromatic heterocycles. The second kappa shape index (κ2) is 8.12. The summed E-state index contributed by atoms with van der Waals surface area (Å²) in [6.45, 7) is 4.79. The van der Waals surface area contributed by atoms with Gasteiger partial charge in [-0.3, -0.25) is 4.79 Å². The Morgan fingerprint density at radius 2 is 1.85 bits per heavy atom. The molecule has 140 valence electrons. The second-order valence-corrected chi connectivity index (χ2v) is 6.87. The maximum absolute atomic E-state index is 12.3. The quantitative estimate of drug-likeness (QED) is 0.642. The first-order chi connectivity index (χ1) is 13.0. The van der Waals surface area contributed by atoms with Gasteiger partial charge in [0.05, 0.1) is 5.56 Å². The van der Waals surface area contributed by atoms with Crippen LogP contribution in [0.3, 0.4) is 0 Å². The van der Waals surface area contributed by atoms with Crippen molar-refractivity contribution in [2.75, 3.05) is 0 Å². The fourth-order valence-electron chi connectivity index (χ4n) is 3.66. The summed E-state index contributed by atoms with van der Waals surface area (Å²) < 4.78 is 2.20. The monoisotopic (exact) mass is 362 g/mol. The van der Waals surface area contributed by atoms with Crippen LogP contribution >= 0.6 is 0 Å². The average Bonchev–Trinajstić information content (AvgIpc) is 2.93. The predicted octanol–water partition coefficient (Wildman–Crippen LogP) is 4.66. The molecule has 4 heteroatoms. The second-order valence-electron chi connectivity index (χ2n) is 6.87. The lowest BCUT2D eigenvalue weighted by molar-refractivity contribution is 0.1000. The number of amides is 1. The fraction of sp³-hybridized carbons (Fsp3) is 0.261. The molecule has 3 aromatic rings. The van der Waals surface area contributed by atoms with Crippen LogP contribution in [-0.2, 0) is 13.0 Å². The lowest BCUT2D eigenvalue weighted by atomic mass is 9.97. The summed E-state index contributed by atoms with van der Waals surface area (Å²) in [5.41, 5.74) is 11.1. The number of hydrogen-bond donors (Lipinski definition) is 2. The highest BCUT2D eigenvalue weighted by Gasteiger charge is 2.24. The van der Waals surface area contributed by atoms with Gasteiger partial charge in [-0.2, -0.15) is 0 Å². The maximum Gasteiger partial charge on any atom is 0.251 e. The maximum atomic E-state index is 12.3. The van der Waals surface area contributed by atoms with Crippen LogP contribution in [0.25, 0.3) is 11.1 Å². The van der Waals surface area contributed by atoms with Crippen molar-refractivity contribution >= 4 is 5.91 Å². The van der Waals surface area contributed by atoms with Gasteiger partial charge in [-0.15, -0.1) is 0 Å². The molecule has 3 N–H and O–H groups in total. The van der Waals surface area contributed by atoms with E-state index in [0.717, 1.165) is 41.8 Å². The van der Waals surface area contributed by atoms with Crippen molar-refractivity contribution in [2.24, 2.45) is 5.73 Å². The molecular formula is C23H26N2O2. The minimum atomic E-state index is -0.435. The number of nitrogens with two attached hydrogens (primary N) is 1. The van der Waals surface area contributed by atoms with Gasteiger partial charge in [-0.1, -0.05) is 55.8 Å². The normalized spacial score (nSPS) is 10.9. The summed E-state index contributed by atoms with van der Waals surface area (Å²) >= 11 is 0. The third-order valence-corrected chi connectivity index (χ3v) is 4.96. The van der Waals surface area contributed by atoms with E-state index in [4.69, 9.17) is 5.73 Å². The summed E-state index contributed by atoms with van der Waals surface area (Å²) in [4.78, 5) is 12.3. The van der Waals surface area contributed by atoms with E-state index in [0.29, 0.717) is 12.1 Å². The minimum Gasteiger partial charge on any atom is -0.508 e. The molecule has 0 radical (unpaired) electrons. The molecule has 0 saturated carbocycles. The molecule has 0 spiro atoms. The first kappa shape index (κ1) is 18.8. The third-order valence-electron chi connectivity index (χ3n) is 4.96. The molecule has 1 heterocycles. The zero-order valence-corrected chi connectivity index (χ0v) is 15.9. The molecule has 27 heavy (non-hydrogen) atoms. The molecule has 0 aliphatic rings.